The molecule has 1 unspecified atom stereocenters. The topological polar surface area (TPSA) is 46.9 Å². The second-order valence-corrected chi connectivity index (χ2v) is 6.48. The molecule has 18 heavy (non-hydrogen) atoms. The van der Waals surface area contributed by atoms with E-state index in [4.69, 9.17) is 11.6 Å². The number of carbonyl (C=O) groups excluding carboxylic acids is 1. The molecule has 0 spiro atoms. The lowest BCUT2D eigenvalue weighted by Crippen LogP contribution is -2.32. The molecule has 0 aromatic carbocycles. The van der Waals surface area contributed by atoms with Gasteiger partial charge in [-0.15, -0.1) is 11.6 Å². The van der Waals surface area contributed by atoms with Crippen LogP contribution in [0.3, 0.4) is 0 Å². The van der Waals surface area contributed by atoms with E-state index in [0.29, 0.717) is 12.2 Å². The van der Waals surface area contributed by atoms with E-state index in [9.17, 15) is 4.79 Å². The van der Waals surface area contributed by atoms with Gasteiger partial charge in [0.15, 0.2) is 0 Å². The number of aryl methyl sites for hydroxylation is 2. The van der Waals surface area contributed by atoms with Gasteiger partial charge in [-0.3, -0.25) is 9.48 Å². The maximum Gasteiger partial charge on any atom is 0.269 e. The number of aromatic nitrogens is 2. The summed E-state index contributed by atoms with van der Waals surface area (Å²) in [7, 11) is 1.76. The summed E-state index contributed by atoms with van der Waals surface area (Å²) in [4.78, 5) is 11.9. The molecule has 1 heterocycles. The first-order valence-corrected chi connectivity index (χ1v) is 6.55. The molecule has 102 valence electrons. The molecule has 0 bridgehead atoms. The minimum absolute atomic E-state index is 0.0525. The highest BCUT2D eigenvalue weighted by Crippen LogP contribution is 2.23. The van der Waals surface area contributed by atoms with Crippen LogP contribution in [0.2, 0.25) is 0 Å². The van der Waals surface area contributed by atoms with Gasteiger partial charge < -0.3 is 5.32 Å². The van der Waals surface area contributed by atoms with E-state index in [0.717, 1.165) is 12.1 Å². The van der Waals surface area contributed by atoms with Crippen molar-refractivity contribution in [3.05, 3.63) is 17.5 Å². The number of hydrogen-bond acceptors (Lipinski definition) is 2. The van der Waals surface area contributed by atoms with Gasteiger partial charge in [-0.05, 0) is 24.8 Å². The Morgan fingerprint density at radius 2 is 2.17 bits per heavy atom. The van der Waals surface area contributed by atoms with Crippen LogP contribution in [0.25, 0.3) is 0 Å². The Morgan fingerprint density at radius 3 is 2.61 bits per heavy atom. The van der Waals surface area contributed by atoms with Crippen molar-refractivity contribution >= 4 is 17.5 Å². The van der Waals surface area contributed by atoms with E-state index in [1.807, 2.05) is 6.92 Å². The predicted octanol–water partition coefficient (Wildman–Crippen LogP) is 2.50. The molecular weight excluding hydrogens is 250 g/mol. The summed E-state index contributed by atoms with van der Waals surface area (Å²) in [6.07, 6.45) is 0.860. The number of halogens is 1. The Bertz CT molecular complexity index is 420. The van der Waals surface area contributed by atoms with Crippen molar-refractivity contribution in [1.82, 2.24) is 15.1 Å². The standard InChI is InChI=1S/C13H22ClN3O/c1-9-6-11(17(5)16-9)12(18)15-8-10(14)7-13(2,3)4/h6,10H,7-8H2,1-5H3,(H,15,18). The van der Waals surface area contributed by atoms with Crippen molar-refractivity contribution in [1.29, 1.82) is 0 Å². The zero-order valence-corrected chi connectivity index (χ0v) is 12.5. The molecule has 1 aromatic heterocycles. The second-order valence-electron chi connectivity index (χ2n) is 5.87. The normalized spacial score (nSPS) is 13.4. The third-order valence-corrected chi connectivity index (χ3v) is 2.86. The summed E-state index contributed by atoms with van der Waals surface area (Å²) >= 11 is 6.20. The molecule has 0 aliphatic rings. The van der Waals surface area contributed by atoms with Gasteiger partial charge in [0.2, 0.25) is 0 Å². The fourth-order valence-corrected chi connectivity index (χ4v) is 2.39. The molecule has 1 aromatic rings. The summed E-state index contributed by atoms with van der Waals surface area (Å²) in [6, 6.07) is 1.77. The largest absolute Gasteiger partial charge is 0.349 e. The van der Waals surface area contributed by atoms with Gasteiger partial charge in [-0.2, -0.15) is 5.10 Å². The number of rotatable bonds is 4. The SMILES string of the molecule is Cc1cc(C(=O)NCC(Cl)CC(C)(C)C)n(C)n1. The van der Waals surface area contributed by atoms with E-state index in [2.05, 4.69) is 31.2 Å². The molecule has 5 heteroatoms. The Morgan fingerprint density at radius 1 is 1.56 bits per heavy atom. The highest BCUT2D eigenvalue weighted by molar-refractivity contribution is 6.21. The number of amides is 1. The zero-order chi connectivity index (χ0) is 13.9. The first-order valence-electron chi connectivity index (χ1n) is 6.12. The maximum absolute atomic E-state index is 11.9. The maximum atomic E-state index is 11.9. The van der Waals surface area contributed by atoms with Crippen molar-refractivity contribution in [2.24, 2.45) is 12.5 Å². The molecule has 0 saturated heterocycles. The molecular formula is C13H22ClN3O. The molecule has 4 nitrogen and oxygen atoms in total. The number of hydrogen-bond donors (Lipinski definition) is 1. The van der Waals surface area contributed by atoms with Crippen LogP contribution < -0.4 is 5.32 Å². The minimum atomic E-state index is -0.127. The van der Waals surface area contributed by atoms with Crippen LogP contribution in [0.4, 0.5) is 0 Å². The Kier molecular flexibility index (Phi) is 4.79. The number of carbonyl (C=O) groups is 1. The van der Waals surface area contributed by atoms with Crippen LogP contribution in [0.15, 0.2) is 6.07 Å². The average molecular weight is 272 g/mol. The smallest absolute Gasteiger partial charge is 0.269 e. The predicted molar refractivity (Wildman–Crippen MR) is 74.0 cm³/mol. The quantitative estimate of drug-likeness (QED) is 0.856. The molecule has 0 aliphatic heterocycles. The second kappa shape index (κ2) is 5.74. The van der Waals surface area contributed by atoms with Crippen molar-refractivity contribution in [3.63, 3.8) is 0 Å². The third-order valence-electron chi connectivity index (χ3n) is 2.55. The fraction of sp³-hybridized carbons (Fsp3) is 0.692. The fourth-order valence-electron chi connectivity index (χ4n) is 1.85. The van der Waals surface area contributed by atoms with Crippen LogP contribution in [0, 0.1) is 12.3 Å². The van der Waals surface area contributed by atoms with Gasteiger partial charge in [0.25, 0.3) is 5.91 Å². The molecule has 1 amide bonds. The van der Waals surface area contributed by atoms with E-state index in [1.165, 1.54) is 0 Å². The van der Waals surface area contributed by atoms with E-state index in [-0.39, 0.29) is 16.7 Å². The molecule has 0 fully saturated rings. The van der Waals surface area contributed by atoms with Gasteiger partial charge in [0, 0.05) is 13.6 Å². The molecule has 1 atom stereocenters. The van der Waals surface area contributed by atoms with Crippen LogP contribution in [0.5, 0.6) is 0 Å². The zero-order valence-electron chi connectivity index (χ0n) is 11.7. The van der Waals surface area contributed by atoms with Crippen molar-refractivity contribution in [2.75, 3.05) is 6.54 Å². The van der Waals surface area contributed by atoms with Gasteiger partial charge >= 0.3 is 0 Å². The lowest BCUT2D eigenvalue weighted by atomic mass is 9.90. The van der Waals surface area contributed by atoms with Crippen molar-refractivity contribution < 1.29 is 4.79 Å². The molecule has 0 radical (unpaired) electrons. The number of nitrogens with zero attached hydrogens (tertiary/aromatic N) is 2. The highest BCUT2D eigenvalue weighted by Gasteiger charge is 2.18. The van der Waals surface area contributed by atoms with Gasteiger partial charge in [-0.25, -0.2) is 0 Å². The molecule has 0 aliphatic carbocycles. The monoisotopic (exact) mass is 271 g/mol. The first-order chi connectivity index (χ1) is 8.19. The van der Waals surface area contributed by atoms with Gasteiger partial charge in [0.05, 0.1) is 11.1 Å². The molecule has 1 rings (SSSR count). The highest BCUT2D eigenvalue weighted by atomic mass is 35.5. The van der Waals surface area contributed by atoms with Crippen molar-refractivity contribution in [2.45, 2.75) is 39.5 Å². The number of alkyl halides is 1. The summed E-state index contributed by atoms with van der Waals surface area (Å²) in [5.41, 5.74) is 1.56. The summed E-state index contributed by atoms with van der Waals surface area (Å²) in [5.74, 6) is -0.127. The molecule has 0 saturated carbocycles. The lowest BCUT2D eigenvalue weighted by Gasteiger charge is -2.21. The molecule has 1 N–H and O–H groups in total. The Labute approximate surface area is 114 Å². The average Bonchev–Trinajstić information content (AvgIpc) is 2.52. The van der Waals surface area contributed by atoms with Crippen LogP contribution in [-0.4, -0.2) is 27.6 Å². The third kappa shape index (κ3) is 4.69. The number of nitrogens with one attached hydrogen (secondary N) is 1. The van der Waals surface area contributed by atoms with Gasteiger partial charge in [0.1, 0.15) is 5.69 Å². The van der Waals surface area contributed by atoms with Crippen LogP contribution >= 0.6 is 11.6 Å². The first kappa shape index (κ1) is 15.0. The van der Waals surface area contributed by atoms with Crippen LogP contribution in [0.1, 0.15) is 43.4 Å². The summed E-state index contributed by atoms with van der Waals surface area (Å²) < 4.78 is 1.58. The van der Waals surface area contributed by atoms with Crippen LogP contribution in [-0.2, 0) is 7.05 Å². The van der Waals surface area contributed by atoms with E-state index in [1.54, 1.807) is 17.8 Å². The van der Waals surface area contributed by atoms with E-state index < -0.39 is 0 Å². The Balaban J connectivity index is 2.49. The van der Waals surface area contributed by atoms with E-state index >= 15 is 0 Å². The summed E-state index contributed by atoms with van der Waals surface area (Å²) in [5, 5.41) is 6.93. The van der Waals surface area contributed by atoms with Crippen molar-refractivity contribution in [3.8, 4) is 0 Å². The Hall–Kier alpha value is -1.03. The lowest BCUT2D eigenvalue weighted by molar-refractivity contribution is 0.0942. The minimum Gasteiger partial charge on any atom is -0.349 e. The summed E-state index contributed by atoms with van der Waals surface area (Å²) in [6.45, 7) is 8.74. The van der Waals surface area contributed by atoms with Gasteiger partial charge in [-0.1, -0.05) is 20.8 Å².